The lowest BCUT2D eigenvalue weighted by molar-refractivity contribution is -0.139. The predicted molar refractivity (Wildman–Crippen MR) is 86.4 cm³/mol. The molecule has 0 saturated heterocycles. The van der Waals surface area contributed by atoms with Gasteiger partial charge in [0.1, 0.15) is 0 Å². The van der Waals surface area contributed by atoms with Crippen LogP contribution >= 0.6 is 0 Å². The molecule has 25 heavy (non-hydrogen) atoms. The van der Waals surface area contributed by atoms with Crippen molar-refractivity contribution >= 4 is 25.5 Å². The van der Waals surface area contributed by atoms with Gasteiger partial charge in [0.25, 0.3) is 10.0 Å². The van der Waals surface area contributed by atoms with E-state index in [1.54, 1.807) is 0 Å². The van der Waals surface area contributed by atoms with Crippen LogP contribution in [0.3, 0.4) is 0 Å². The number of nitrogens with one attached hydrogen (secondary N) is 1. The maximum absolute atomic E-state index is 13.0. The molecule has 0 aliphatic rings. The number of benzene rings is 2. The Labute approximate surface area is 143 Å². The van der Waals surface area contributed by atoms with E-state index in [9.17, 15) is 30.0 Å². The van der Waals surface area contributed by atoms with E-state index < -0.39 is 36.5 Å². The molecule has 2 aromatic carbocycles. The molecular formula is C15H14F3NO4S2. The Morgan fingerprint density at radius 2 is 1.48 bits per heavy atom. The largest absolute Gasteiger partial charge is 0.417 e. The van der Waals surface area contributed by atoms with E-state index in [1.165, 1.54) is 37.3 Å². The third-order valence-electron chi connectivity index (χ3n) is 3.33. The van der Waals surface area contributed by atoms with Crippen molar-refractivity contribution in [3.05, 3.63) is 54.1 Å². The maximum atomic E-state index is 13.0. The number of hydrogen-bond acceptors (Lipinski definition) is 4. The average Bonchev–Trinajstić information content (AvgIpc) is 2.54. The van der Waals surface area contributed by atoms with Gasteiger partial charge in [0.2, 0.25) is 0 Å². The fraction of sp³-hybridized carbons (Fsp3) is 0.200. The molecule has 0 fully saturated rings. The van der Waals surface area contributed by atoms with Crippen molar-refractivity contribution in [1.82, 2.24) is 0 Å². The van der Waals surface area contributed by atoms with Crippen LogP contribution in [0.25, 0.3) is 0 Å². The molecule has 0 radical (unpaired) electrons. The lowest BCUT2D eigenvalue weighted by Crippen LogP contribution is -2.18. The second-order valence-corrected chi connectivity index (χ2v) is 8.96. The quantitative estimate of drug-likeness (QED) is 0.845. The smallest absolute Gasteiger partial charge is 0.280 e. The van der Waals surface area contributed by atoms with Crippen molar-refractivity contribution in [2.75, 3.05) is 10.5 Å². The summed E-state index contributed by atoms with van der Waals surface area (Å²) in [6.07, 6.45) is -4.83. The van der Waals surface area contributed by atoms with Gasteiger partial charge in [-0.05, 0) is 36.4 Å². The van der Waals surface area contributed by atoms with Crippen molar-refractivity contribution in [3.63, 3.8) is 0 Å². The third-order valence-corrected chi connectivity index (χ3v) is 6.52. The summed E-state index contributed by atoms with van der Waals surface area (Å²) in [7, 11) is -7.96. The Hall–Kier alpha value is -2.07. The molecule has 0 spiro atoms. The summed E-state index contributed by atoms with van der Waals surface area (Å²) in [6, 6.07) is 8.52. The Morgan fingerprint density at radius 1 is 0.920 bits per heavy atom. The normalized spacial score (nSPS) is 12.8. The Bertz CT molecular complexity index is 967. The fourth-order valence-electron chi connectivity index (χ4n) is 2.04. The minimum absolute atomic E-state index is 0.00589. The molecular weight excluding hydrogens is 379 g/mol. The van der Waals surface area contributed by atoms with Crippen LogP contribution in [0.2, 0.25) is 0 Å². The van der Waals surface area contributed by atoms with Crippen molar-refractivity contribution in [2.24, 2.45) is 0 Å². The molecule has 0 aliphatic carbocycles. The van der Waals surface area contributed by atoms with E-state index in [0.717, 1.165) is 12.1 Å². The Balaban J connectivity index is 2.38. The van der Waals surface area contributed by atoms with Gasteiger partial charge in [-0.3, -0.25) is 4.72 Å². The summed E-state index contributed by atoms with van der Waals surface area (Å²) in [6.45, 7) is 1.46. The molecule has 0 atom stereocenters. The molecule has 10 heteroatoms. The molecule has 2 rings (SSSR count). The zero-order valence-corrected chi connectivity index (χ0v) is 14.5. The van der Waals surface area contributed by atoms with Crippen molar-refractivity contribution in [3.8, 4) is 0 Å². The summed E-state index contributed by atoms with van der Waals surface area (Å²) in [5.41, 5.74) is -1.33. The zero-order valence-electron chi connectivity index (χ0n) is 12.9. The fourth-order valence-corrected chi connectivity index (χ4v) is 4.21. The van der Waals surface area contributed by atoms with Crippen molar-refractivity contribution < 1.29 is 30.0 Å². The second kappa shape index (κ2) is 6.68. The van der Waals surface area contributed by atoms with E-state index in [4.69, 9.17) is 0 Å². The molecule has 0 aromatic heterocycles. The molecule has 2 aromatic rings. The van der Waals surface area contributed by atoms with Crippen LogP contribution in [0.1, 0.15) is 12.5 Å². The molecule has 136 valence electrons. The van der Waals surface area contributed by atoms with Crippen LogP contribution in [0.5, 0.6) is 0 Å². The standard InChI is InChI=1S/C15H14F3NO4S2/c1-2-24(20,21)12-9-7-11(8-10-12)19-25(22,23)14-6-4-3-5-13(14)15(16,17)18/h3-10,19H,2H2,1H3. The van der Waals surface area contributed by atoms with E-state index in [2.05, 4.69) is 0 Å². The SMILES string of the molecule is CCS(=O)(=O)c1ccc(NS(=O)(=O)c2ccccc2C(F)(F)F)cc1. The van der Waals surface area contributed by atoms with Crippen LogP contribution in [0.4, 0.5) is 18.9 Å². The van der Waals surface area contributed by atoms with Gasteiger partial charge in [0.05, 0.1) is 21.1 Å². The Morgan fingerprint density at radius 3 is 2.00 bits per heavy atom. The van der Waals surface area contributed by atoms with Crippen LogP contribution < -0.4 is 4.72 Å². The summed E-state index contributed by atoms with van der Waals surface area (Å²) < 4.78 is 88.9. The van der Waals surface area contributed by atoms with E-state index in [0.29, 0.717) is 6.07 Å². The highest BCUT2D eigenvalue weighted by Gasteiger charge is 2.36. The number of alkyl halides is 3. The number of anilines is 1. The first-order valence-electron chi connectivity index (χ1n) is 6.99. The second-order valence-electron chi connectivity index (χ2n) is 5.03. The van der Waals surface area contributed by atoms with Crippen LogP contribution in [0, 0.1) is 0 Å². The monoisotopic (exact) mass is 393 g/mol. The van der Waals surface area contributed by atoms with E-state index in [-0.39, 0.29) is 16.3 Å². The first kappa shape index (κ1) is 19.3. The summed E-state index contributed by atoms with van der Waals surface area (Å²) >= 11 is 0. The number of halogens is 3. The summed E-state index contributed by atoms with van der Waals surface area (Å²) in [4.78, 5) is -0.915. The first-order valence-corrected chi connectivity index (χ1v) is 10.1. The highest BCUT2D eigenvalue weighted by molar-refractivity contribution is 7.92. The van der Waals surface area contributed by atoms with Gasteiger partial charge in [-0.15, -0.1) is 0 Å². The molecule has 5 nitrogen and oxygen atoms in total. The first-order chi connectivity index (χ1) is 11.5. The summed E-state index contributed by atoms with van der Waals surface area (Å²) in [5, 5.41) is 0. The zero-order chi connectivity index (χ0) is 18.9. The number of hydrogen-bond donors (Lipinski definition) is 1. The topological polar surface area (TPSA) is 80.3 Å². The molecule has 0 heterocycles. The van der Waals surface area contributed by atoms with Gasteiger partial charge < -0.3 is 0 Å². The number of rotatable bonds is 5. The van der Waals surface area contributed by atoms with Crippen molar-refractivity contribution in [2.45, 2.75) is 22.9 Å². The average molecular weight is 393 g/mol. The molecule has 0 saturated carbocycles. The van der Waals surface area contributed by atoms with E-state index >= 15 is 0 Å². The van der Waals surface area contributed by atoms with Gasteiger partial charge in [-0.2, -0.15) is 13.2 Å². The minimum Gasteiger partial charge on any atom is -0.280 e. The van der Waals surface area contributed by atoms with Gasteiger partial charge in [0, 0.05) is 5.69 Å². The third kappa shape index (κ3) is 4.31. The highest BCUT2D eigenvalue weighted by atomic mass is 32.2. The minimum atomic E-state index is -4.83. The molecule has 0 bridgehead atoms. The van der Waals surface area contributed by atoms with Gasteiger partial charge in [-0.25, -0.2) is 16.8 Å². The summed E-state index contributed by atoms with van der Waals surface area (Å²) in [5.74, 6) is -0.128. The van der Waals surface area contributed by atoms with Crippen molar-refractivity contribution in [1.29, 1.82) is 0 Å². The van der Waals surface area contributed by atoms with Gasteiger partial charge in [-0.1, -0.05) is 19.1 Å². The highest BCUT2D eigenvalue weighted by Crippen LogP contribution is 2.34. The van der Waals surface area contributed by atoms with Crippen LogP contribution in [-0.4, -0.2) is 22.6 Å². The lowest BCUT2D eigenvalue weighted by atomic mass is 10.2. The van der Waals surface area contributed by atoms with Crippen LogP contribution in [-0.2, 0) is 26.0 Å². The number of sulfone groups is 1. The molecule has 0 unspecified atom stereocenters. The van der Waals surface area contributed by atoms with Gasteiger partial charge in [0.15, 0.2) is 9.84 Å². The maximum Gasteiger partial charge on any atom is 0.417 e. The Kier molecular flexibility index (Phi) is 5.14. The van der Waals surface area contributed by atoms with Crippen LogP contribution in [0.15, 0.2) is 58.3 Å². The lowest BCUT2D eigenvalue weighted by Gasteiger charge is -2.14. The molecule has 1 N–H and O–H groups in total. The molecule has 0 aliphatic heterocycles. The predicted octanol–water partition coefficient (Wildman–Crippen LogP) is 3.30. The number of sulfonamides is 1. The molecule has 0 amide bonds. The van der Waals surface area contributed by atoms with E-state index in [1.807, 2.05) is 4.72 Å². The van der Waals surface area contributed by atoms with Gasteiger partial charge >= 0.3 is 6.18 Å².